The summed E-state index contributed by atoms with van der Waals surface area (Å²) in [5, 5.41) is 0. The van der Waals surface area contributed by atoms with Gasteiger partial charge in [-0.3, -0.25) is 4.90 Å². The molecule has 0 amide bonds. The van der Waals surface area contributed by atoms with Crippen LogP contribution in [0, 0.1) is 40.4 Å². The van der Waals surface area contributed by atoms with Gasteiger partial charge in [-0.25, -0.2) is 0 Å². The standard InChI is InChI=1S/C44H85N5O3/c1-6-8-9-10-11-12-26-49(25-7-2)27-13-17-34(3)37-18-19-38-41-39(51-29-15-23-46)32-35-31-36(50-28-14-22-45)20-21-42(35,4)44(41,48)33-40(43(37,38)5)52-30-16-24-47/h7,34-41H,2,6,8-33,45-48H2,1,3-5H3/t34-,35?,36-,37?,38+,39-,40+,41?,42+,43?,44-/m1/s1. The summed E-state index contributed by atoms with van der Waals surface area (Å²) in [5.74, 6) is 2.50. The third-order valence-corrected chi connectivity index (χ3v) is 15.1. The Morgan fingerprint density at radius 3 is 2.15 bits per heavy atom. The van der Waals surface area contributed by atoms with Crippen molar-refractivity contribution >= 4 is 0 Å². The van der Waals surface area contributed by atoms with E-state index >= 15 is 0 Å². The van der Waals surface area contributed by atoms with Crippen molar-refractivity contribution in [1.82, 2.24) is 4.90 Å². The fourth-order valence-corrected chi connectivity index (χ4v) is 12.1. The highest BCUT2D eigenvalue weighted by molar-refractivity contribution is 5.23. The Kier molecular flexibility index (Phi) is 18.4. The molecule has 0 aromatic heterocycles. The first-order chi connectivity index (χ1) is 25.1. The van der Waals surface area contributed by atoms with Crippen LogP contribution in [0.4, 0.5) is 0 Å². The fraction of sp³-hybridized carbons (Fsp3) is 0.955. The van der Waals surface area contributed by atoms with Crippen LogP contribution in [0.25, 0.3) is 0 Å². The highest BCUT2D eigenvalue weighted by Gasteiger charge is 2.71. The van der Waals surface area contributed by atoms with Crippen molar-refractivity contribution in [1.29, 1.82) is 0 Å². The van der Waals surface area contributed by atoms with E-state index < -0.39 is 0 Å². The van der Waals surface area contributed by atoms with Crippen LogP contribution in [0.2, 0.25) is 0 Å². The van der Waals surface area contributed by atoms with E-state index in [9.17, 15) is 0 Å². The van der Waals surface area contributed by atoms with Crippen molar-refractivity contribution in [3.05, 3.63) is 12.7 Å². The minimum Gasteiger partial charge on any atom is -0.378 e. The molecule has 0 heterocycles. The van der Waals surface area contributed by atoms with Crippen LogP contribution in [-0.4, -0.2) is 87.8 Å². The lowest BCUT2D eigenvalue weighted by atomic mass is 9.39. The van der Waals surface area contributed by atoms with Crippen molar-refractivity contribution in [2.75, 3.05) is 59.1 Å². The molecule has 4 rings (SSSR count). The molecule has 4 unspecified atom stereocenters. The highest BCUT2D eigenvalue weighted by atomic mass is 16.5. The molecule has 8 heteroatoms. The zero-order valence-corrected chi connectivity index (χ0v) is 34.5. The normalized spacial score (nSPS) is 36.4. The van der Waals surface area contributed by atoms with Crippen LogP contribution in [0.1, 0.15) is 143 Å². The molecule has 0 saturated heterocycles. The number of nitrogens with zero attached hydrogens (tertiary/aromatic N) is 1. The van der Waals surface area contributed by atoms with E-state index in [0.29, 0.717) is 62.4 Å². The van der Waals surface area contributed by atoms with Crippen molar-refractivity contribution in [2.24, 2.45) is 63.4 Å². The van der Waals surface area contributed by atoms with Gasteiger partial charge >= 0.3 is 0 Å². The summed E-state index contributed by atoms with van der Waals surface area (Å²) in [5.41, 5.74) is 25.6. The van der Waals surface area contributed by atoms with Crippen LogP contribution in [-0.2, 0) is 14.2 Å². The van der Waals surface area contributed by atoms with Crippen LogP contribution >= 0.6 is 0 Å². The Bertz CT molecular complexity index is 1020. The first-order valence-electron chi connectivity index (χ1n) is 22.2. The molecule has 0 aromatic carbocycles. The SMILES string of the molecule is C=CCN(CCCCCCCC)CCC[C@@H](C)C1CC[C@H]2C3[C@H](OCCCN)CC4C[C@H](OCCCN)CC[C@]4(C)[C@@]3(N)C[C@H](OCCCN)C12C. The van der Waals surface area contributed by atoms with Gasteiger partial charge in [0.2, 0.25) is 0 Å². The summed E-state index contributed by atoms with van der Waals surface area (Å²) < 4.78 is 20.4. The maximum Gasteiger partial charge on any atom is 0.0652 e. The van der Waals surface area contributed by atoms with Gasteiger partial charge in [-0.2, -0.15) is 0 Å². The lowest BCUT2D eigenvalue weighted by molar-refractivity contribution is -0.237. The number of fused-ring (bicyclic) bond motifs is 5. The minimum absolute atomic E-state index is 0.0181. The van der Waals surface area contributed by atoms with Gasteiger partial charge in [-0.1, -0.05) is 65.9 Å². The third-order valence-electron chi connectivity index (χ3n) is 15.1. The second-order valence-corrected chi connectivity index (χ2v) is 18.2. The molecule has 4 saturated carbocycles. The summed E-state index contributed by atoms with van der Waals surface area (Å²) in [6.45, 7) is 21.6. The summed E-state index contributed by atoms with van der Waals surface area (Å²) in [6.07, 6.45) is 23.6. The van der Waals surface area contributed by atoms with E-state index in [-0.39, 0.29) is 34.7 Å². The second kappa shape index (κ2) is 21.6. The van der Waals surface area contributed by atoms with Gasteiger partial charge in [0.15, 0.2) is 0 Å². The molecule has 0 aromatic rings. The van der Waals surface area contributed by atoms with E-state index in [4.69, 9.17) is 37.1 Å². The van der Waals surface area contributed by atoms with Crippen molar-refractivity contribution in [3.63, 3.8) is 0 Å². The van der Waals surface area contributed by atoms with Gasteiger partial charge in [0.25, 0.3) is 0 Å². The average Bonchev–Trinajstić information content (AvgIpc) is 3.48. The Morgan fingerprint density at radius 1 is 0.808 bits per heavy atom. The largest absolute Gasteiger partial charge is 0.378 e. The van der Waals surface area contributed by atoms with Crippen molar-refractivity contribution < 1.29 is 14.2 Å². The number of unbranched alkanes of at least 4 members (excludes halogenated alkanes) is 5. The average molecular weight is 732 g/mol. The summed E-state index contributed by atoms with van der Waals surface area (Å²) in [6, 6.07) is 0. The Labute approximate surface area is 320 Å². The summed E-state index contributed by atoms with van der Waals surface area (Å²) in [4.78, 5) is 2.64. The molecule has 0 radical (unpaired) electrons. The highest BCUT2D eigenvalue weighted by Crippen LogP contribution is 2.70. The minimum atomic E-state index is -0.358. The lowest BCUT2D eigenvalue weighted by Gasteiger charge is -2.69. The summed E-state index contributed by atoms with van der Waals surface area (Å²) >= 11 is 0. The zero-order valence-electron chi connectivity index (χ0n) is 34.5. The zero-order chi connectivity index (χ0) is 37.6. The topological polar surface area (TPSA) is 135 Å². The van der Waals surface area contributed by atoms with Gasteiger partial charge < -0.3 is 37.1 Å². The quantitative estimate of drug-likeness (QED) is 0.0534. The van der Waals surface area contributed by atoms with E-state index in [1.165, 1.54) is 70.8 Å². The molecule has 4 fully saturated rings. The van der Waals surface area contributed by atoms with Gasteiger partial charge in [-0.15, -0.1) is 6.58 Å². The van der Waals surface area contributed by atoms with Crippen LogP contribution in [0.15, 0.2) is 12.7 Å². The van der Waals surface area contributed by atoms with Gasteiger partial charge in [0.05, 0.1) is 18.3 Å². The smallest absolute Gasteiger partial charge is 0.0652 e. The van der Waals surface area contributed by atoms with Gasteiger partial charge in [0.1, 0.15) is 0 Å². The Balaban J connectivity index is 1.53. The van der Waals surface area contributed by atoms with Crippen LogP contribution < -0.4 is 22.9 Å². The molecule has 52 heavy (non-hydrogen) atoms. The van der Waals surface area contributed by atoms with Crippen molar-refractivity contribution in [2.45, 2.75) is 167 Å². The monoisotopic (exact) mass is 732 g/mol. The third kappa shape index (κ3) is 10.2. The molecular formula is C44H85N5O3. The fourth-order valence-electron chi connectivity index (χ4n) is 12.1. The van der Waals surface area contributed by atoms with Gasteiger partial charge in [0, 0.05) is 43.2 Å². The molecule has 4 aliphatic rings. The molecule has 0 aliphatic heterocycles. The van der Waals surface area contributed by atoms with E-state index in [0.717, 1.165) is 71.1 Å². The van der Waals surface area contributed by atoms with Gasteiger partial charge in [-0.05, 0) is 145 Å². The molecule has 0 bridgehead atoms. The number of hydrogen-bond donors (Lipinski definition) is 4. The van der Waals surface area contributed by atoms with Crippen LogP contribution in [0.5, 0.6) is 0 Å². The lowest BCUT2D eigenvalue weighted by Crippen LogP contribution is -2.76. The Hall–Kier alpha value is -0.580. The number of rotatable bonds is 26. The first kappa shape index (κ1) is 44.1. The molecular weight excluding hydrogens is 647 g/mol. The number of nitrogens with two attached hydrogens (primary N) is 4. The second-order valence-electron chi connectivity index (χ2n) is 18.2. The predicted octanol–water partition coefficient (Wildman–Crippen LogP) is 7.41. The maximum atomic E-state index is 8.08. The van der Waals surface area contributed by atoms with Crippen molar-refractivity contribution in [3.8, 4) is 0 Å². The Morgan fingerprint density at radius 2 is 1.46 bits per heavy atom. The van der Waals surface area contributed by atoms with E-state index in [2.05, 4.69) is 45.2 Å². The first-order valence-corrected chi connectivity index (χ1v) is 22.2. The van der Waals surface area contributed by atoms with Crippen LogP contribution in [0.3, 0.4) is 0 Å². The van der Waals surface area contributed by atoms with E-state index in [1.807, 2.05) is 0 Å². The maximum absolute atomic E-state index is 8.08. The molecule has 11 atom stereocenters. The number of ether oxygens (including phenoxy) is 3. The molecule has 0 spiro atoms. The molecule has 4 aliphatic carbocycles. The number of hydrogen-bond acceptors (Lipinski definition) is 8. The molecule has 304 valence electrons. The van der Waals surface area contributed by atoms with E-state index in [1.54, 1.807) is 0 Å². The molecule has 8 N–H and O–H groups in total. The predicted molar refractivity (Wildman–Crippen MR) is 218 cm³/mol. The summed E-state index contributed by atoms with van der Waals surface area (Å²) in [7, 11) is 0. The molecule has 8 nitrogen and oxygen atoms in total.